The minimum absolute atomic E-state index is 0.141. The van der Waals surface area contributed by atoms with Crippen molar-refractivity contribution in [3.8, 4) is 5.69 Å². The molecule has 1 aromatic heterocycles. The van der Waals surface area contributed by atoms with Crippen molar-refractivity contribution in [3.63, 3.8) is 0 Å². The van der Waals surface area contributed by atoms with Gasteiger partial charge < -0.3 is 10.6 Å². The molecule has 2 aromatic carbocycles. The lowest BCUT2D eigenvalue weighted by Gasteiger charge is -2.31. The molecule has 3 aromatic rings. The standard InChI is InChI=1S/C20H12ClF3N4O2/c21-14-3-1-2-12-16(14)27-18(30)19(12)8-15(29)26-17-13(19)9-25-28(17)11-6-4-10(5-7-11)20(22,23)24/h1-7,9H,8H2,(H,26,29)(H,27,30). The van der Waals surface area contributed by atoms with E-state index in [-0.39, 0.29) is 12.2 Å². The highest BCUT2D eigenvalue weighted by atomic mass is 35.5. The zero-order valence-corrected chi connectivity index (χ0v) is 15.8. The topological polar surface area (TPSA) is 76.0 Å². The van der Waals surface area contributed by atoms with Crippen LogP contribution in [-0.4, -0.2) is 21.6 Å². The van der Waals surface area contributed by atoms with E-state index in [1.807, 2.05) is 0 Å². The molecule has 2 N–H and O–H groups in total. The summed E-state index contributed by atoms with van der Waals surface area (Å²) < 4.78 is 39.9. The van der Waals surface area contributed by atoms with Crippen LogP contribution in [0.25, 0.3) is 5.69 Å². The number of alkyl halides is 3. The lowest BCUT2D eigenvalue weighted by atomic mass is 9.72. The first-order chi connectivity index (χ1) is 14.2. The molecule has 0 radical (unpaired) electrons. The van der Waals surface area contributed by atoms with E-state index in [1.165, 1.54) is 23.0 Å². The van der Waals surface area contributed by atoms with E-state index in [0.29, 0.717) is 27.5 Å². The quantitative estimate of drug-likeness (QED) is 0.607. The highest BCUT2D eigenvalue weighted by molar-refractivity contribution is 6.35. The first-order valence-corrected chi connectivity index (χ1v) is 9.26. The number of hydrogen-bond acceptors (Lipinski definition) is 3. The summed E-state index contributed by atoms with van der Waals surface area (Å²) in [5, 5.41) is 10.0. The number of nitrogens with one attached hydrogen (secondary N) is 2. The number of amides is 2. The minimum Gasteiger partial charge on any atom is -0.323 e. The Kier molecular flexibility index (Phi) is 3.79. The Hall–Kier alpha value is -3.33. The monoisotopic (exact) mass is 432 g/mol. The fraction of sp³-hybridized carbons (Fsp3) is 0.150. The predicted molar refractivity (Wildman–Crippen MR) is 103 cm³/mol. The van der Waals surface area contributed by atoms with Crippen LogP contribution < -0.4 is 10.6 Å². The number of nitrogens with zero attached hydrogens (tertiary/aromatic N) is 2. The van der Waals surface area contributed by atoms with E-state index in [4.69, 9.17) is 11.6 Å². The van der Waals surface area contributed by atoms with Crippen LogP contribution in [0.15, 0.2) is 48.7 Å². The van der Waals surface area contributed by atoms with Crippen LogP contribution >= 0.6 is 11.6 Å². The van der Waals surface area contributed by atoms with E-state index in [0.717, 1.165) is 12.1 Å². The largest absolute Gasteiger partial charge is 0.416 e. The van der Waals surface area contributed by atoms with Crippen LogP contribution in [0.2, 0.25) is 5.02 Å². The van der Waals surface area contributed by atoms with Crippen molar-refractivity contribution in [2.75, 3.05) is 10.6 Å². The molecular weight excluding hydrogens is 421 g/mol. The van der Waals surface area contributed by atoms with E-state index >= 15 is 0 Å². The van der Waals surface area contributed by atoms with Gasteiger partial charge in [-0.15, -0.1) is 0 Å². The van der Waals surface area contributed by atoms with Crippen molar-refractivity contribution < 1.29 is 22.8 Å². The Bertz CT molecular complexity index is 1220. The molecule has 2 aliphatic heterocycles. The van der Waals surface area contributed by atoms with Crippen LogP contribution in [0.4, 0.5) is 24.7 Å². The maximum absolute atomic E-state index is 13.1. The molecule has 30 heavy (non-hydrogen) atoms. The number of aromatic nitrogens is 2. The van der Waals surface area contributed by atoms with Crippen molar-refractivity contribution in [2.24, 2.45) is 0 Å². The maximum Gasteiger partial charge on any atom is 0.416 e. The van der Waals surface area contributed by atoms with Gasteiger partial charge in [0.2, 0.25) is 11.8 Å². The minimum atomic E-state index is -4.47. The van der Waals surface area contributed by atoms with Gasteiger partial charge in [-0.1, -0.05) is 23.7 Å². The maximum atomic E-state index is 13.1. The molecule has 0 saturated carbocycles. The van der Waals surface area contributed by atoms with Crippen molar-refractivity contribution in [1.29, 1.82) is 0 Å². The van der Waals surface area contributed by atoms with Gasteiger partial charge in [0.05, 0.1) is 28.2 Å². The van der Waals surface area contributed by atoms with Gasteiger partial charge in [0.1, 0.15) is 11.2 Å². The van der Waals surface area contributed by atoms with Crippen LogP contribution in [0.3, 0.4) is 0 Å². The molecule has 0 bridgehead atoms. The third-order valence-electron chi connectivity index (χ3n) is 5.45. The number of benzene rings is 2. The molecule has 3 heterocycles. The average Bonchev–Trinajstić information content (AvgIpc) is 3.23. The van der Waals surface area contributed by atoms with E-state index in [9.17, 15) is 22.8 Å². The molecule has 1 unspecified atom stereocenters. The lowest BCUT2D eigenvalue weighted by Crippen LogP contribution is -2.43. The molecule has 152 valence electrons. The molecular formula is C20H12ClF3N4O2. The summed E-state index contributed by atoms with van der Waals surface area (Å²) in [7, 11) is 0. The molecule has 0 fully saturated rings. The summed E-state index contributed by atoms with van der Waals surface area (Å²) in [5.41, 5.74) is -0.365. The fourth-order valence-corrected chi connectivity index (χ4v) is 4.29. The molecule has 5 rings (SSSR count). The number of para-hydroxylation sites is 1. The third kappa shape index (κ3) is 2.48. The lowest BCUT2D eigenvalue weighted by molar-refractivity contribution is -0.137. The number of carbonyl (C=O) groups excluding carboxylic acids is 2. The second-order valence-electron chi connectivity index (χ2n) is 7.11. The molecule has 0 aliphatic carbocycles. The summed E-state index contributed by atoms with van der Waals surface area (Å²) in [6, 6.07) is 9.41. The predicted octanol–water partition coefficient (Wildman–Crippen LogP) is 4.12. The first kappa shape index (κ1) is 18.7. The molecule has 0 saturated heterocycles. The third-order valence-corrected chi connectivity index (χ3v) is 5.77. The van der Waals surface area contributed by atoms with Gasteiger partial charge in [-0.3, -0.25) is 9.59 Å². The Labute approximate surface area is 172 Å². The highest BCUT2D eigenvalue weighted by Crippen LogP contribution is 2.51. The van der Waals surface area contributed by atoms with Gasteiger partial charge in [0, 0.05) is 12.0 Å². The SMILES string of the molecule is O=C1CC2(C(=O)Nc3c(Cl)cccc32)c2cnn(-c3ccc(C(F)(F)F)cc3)c2N1. The highest BCUT2D eigenvalue weighted by Gasteiger charge is 2.54. The number of hydrogen-bond donors (Lipinski definition) is 2. The fourth-order valence-electron chi connectivity index (χ4n) is 4.07. The number of carbonyl (C=O) groups is 2. The summed E-state index contributed by atoms with van der Waals surface area (Å²) in [6.07, 6.45) is -3.16. The molecule has 1 atom stereocenters. The smallest absolute Gasteiger partial charge is 0.323 e. The van der Waals surface area contributed by atoms with Crippen LogP contribution in [0.1, 0.15) is 23.1 Å². The first-order valence-electron chi connectivity index (χ1n) is 8.88. The van der Waals surface area contributed by atoms with Gasteiger partial charge in [-0.05, 0) is 35.9 Å². The van der Waals surface area contributed by atoms with Gasteiger partial charge >= 0.3 is 6.18 Å². The zero-order valence-electron chi connectivity index (χ0n) is 15.0. The van der Waals surface area contributed by atoms with Gasteiger partial charge in [-0.2, -0.15) is 18.3 Å². The van der Waals surface area contributed by atoms with Gasteiger partial charge in [-0.25, -0.2) is 4.68 Å². The van der Waals surface area contributed by atoms with Crippen molar-refractivity contribution in [1.82, 2.24) is 9.78 Å². The molecule has 2 aliphatic rings. The second-order valence-corrected chi connectivity index (χ2v) is 7.52. The second kappa shape index (κ2) is 6.09. The normalized spacial score (nSPS) is 20.0. The summed E-state index contributed by atoms with van der Waals surface area (Å²) >= 11 is 6.23. The van der Waals surface area contributed by atoms with E-state index < -0.39 is 29.0 Å². The van der Waals surface area contributed by atoms with Crippen LogP contribution in [0.5, 0.6) is 0 Å². The summed E-state index contributed by atoms with van der Waals surface area (Å²) in [4.78, 5) is 25.6. The van der Waals surface area contributed by atoms with Crippen molar-refractivity contribution in [3.05, 3.63) is 70.4 Å². The number of anilines is 2. The van der Waals surface area contributed by atoms with Gasteiger partial charge in [0.25, 0.3) is 0 Å². The number of rotatable bonds is 1. The number of fused-ring (bicyclic) bond motifs is 4. The summed E-state index contributed by atoms with van der Waals surface area (Å²) in [6.45, 7) is 0. The number of halogens is 4. The Morgan fingerprint density at radius 2 is 1.77 bits per heavy atom. The summed E-state index contributed by atoms with van der Waals surface area (Å²) in [5.74, 6) is -0.596. The van der Waals surface area contributed by atoms with Crippen molar-refractivity contribution >= 4 is 34.9 Å². The van der Waals surface area contributed by atoms with E-state index in [1.54, 1.807) is 18.2 Å². The Balaban J connectivity index is 1.68. The molecule has 2 amide bonds. The van der Waals surface area contributed by atoms with Crippen LogP contribution in [-0.2, 0) is 21.2 Å². The molecule has 10 heteroatoms. The Morgan fingerprint density at radius 1 is 1.03 bits per heavy atom. The Morgan fingerprint density at radius 3 is 2.47 bits per heavy atom. The molecule has 6 nitrogen and oxygen atoms in total. The molecule has 1 spiro atoms. The zero-order chi connectivity index (χ0) is 21.3. The van der Waals surface area contributed by atoms with Crippen molar-refractivity contribution in [2.45, 2.75) is 18.0 Å². The van der Waals surface area contributed by atoms with Gasteiger partial charge in [0.15, 0.2) is 0 Å². The van der Waals surface area contributed by atoms with E-state index in [2.05, 4.69) is 15.7 Å². The van der Waals surface area contributed by atoms with Crippen LogP contribution in [0, 0.1) is 0 Å². The average molecular weight is 433 g/mol.